The van der Waals surface area contributed by atoms with Crippen LogP contribution in [-0.2, 0) is 6.54 Å². The molecule has 1 aliphatic carbocycles. The second kappa shape index (κ2) is 6.82. The summed E-state index contributed by atoms with van der Waals surface area (Å²) in [4.78, 5) is 4.38. The van der Waals surface area contributed by atoms with Crippen molar-refractivity contribution in [2.45, 2.75) is 63.6 Å². The number of rotatable bonds is 4. The van der Waals surface area contributed by atoms with E-state index in [2.05, 4.69) is 21.0 Å². The zero-order chi connectivity index (χ0) is 12.9. The summed E-state index contributed by atoms with van der Waals surface area (Å²) in [7, 11) is 0. The van der Waals surface area contributed by atoms with Gasteiger partial charge in [-0.15, -0.1) is 11.3 Å². The van der Waals surface area contributed by atoms with E-state index in [9.17, 15) is 0 Å². The number of nitrogens with one attached hydrogen (secondary N) is 2. The maximum Gasteiger partial charge on any atom is 0.106 e. The molecular formula is C15H25N3S. The molecule has 1 saturated carbocycles. The molecule has 1 saturated heterocycles. The summed E-state index contributed by atoms with van der Waals surface area (Å²) in [6.07, 6.45) is 11.6. The van der Waals surface area contributed by atoms with Crippen molar-refractivity contribution in [2.75, 3.05) is 6.54 Å². The van der Waals surface area contributed by atoms with Crippen LogP contribution in [0.3, 0.4) is 0 Å². The van der Waals surface area contributed by atoms with E-state index in [4.69, 9.17) is 0 Å². The van der Waals surface area contributed by atoms with Crippen LogP contribution in [0.5, 0.6) is 0 Å². The third-order valence-electron chi connectivity index (χ3n) is 4.68. The predicted octanol–water partition coefficient (Wildman–Crippen LogP) is 2.93. The molecule has 0 aromatic carbocycles. The molecule has 3 rings (SSSR count). The van der Waals surface area contributed by atoms with Crippen molar-refractivity contribution in [3.63, 3.8) is 0 Å². The molecule has 1 aliphatic heterocycles. The van der Waals surface area contributed by atoms with Gasteiger partial charge in [-0.2, -0.15) is 0 Å². The van der Waals surface area contributed by atoms with E-state index in [0.29, 0.717) is 6.04 Å². The predicted molar refractivity (Wildman–Crippen MR) is 80.3 cm³/mol. The Bertz CT molecular complexity index is 359. The number of aromatic nitrogens is 1. The van der Waals surface area contributed by atoms with Crippen LogP contribution in [0.2, 0.25) is 0 Å². The zero-order valence-electron chi connectivity index (χ0n) is 11.6. The number of hydrogen-bond acceptors (Lipinski definition) is 4. The molecule has 19 heavy (non-hydrogen) atoms. The van der Waals surface area contributed by atoms with E-state index in [0.717, 1.165) is 18.5 Å². The van der Waals surface area contributed by atoms with Crippen LogP contribution >= 0.6 is 11.3 Å². The minimum Gasteiger partial charge on any atom is -0.314 e. The molecule has 2 N–H and O–H groups in total. The van der Waals surface area contributed by atoms with Gasteiger partial charge in [0.25, 0.3) is 0 Å². The van der Waals surface area contributed by atoms with Gasteiger partial charge >= 0.3 is 0 Å². The van der Waals surface area contributed by atoms with Crippen molar-refractivity contribution in [1.82, 2.24) is 15.6 Å². The summed E-state index contributed by atoms with van der Waals surface area (Å²) in [5.74, 6) is 0.828. The minimum atomic E-state index is 0.688. The van der Waals surface area contributed by atoms with Crippen LogP contribution in [0.4, 0.5) is 0 Å². The lowest BCUT2D eigenvalue weighted by molar-refractivity contribution is 0.181. The Labute approximate surface area is 120 Å². The number of hydrogen-bond donors (Lipinski definition) is 2. The second-order valence-electron chi connectivity index (χ2n) is 5.92. The molecule has 2 heterocycles. The van der Waals surface area contributed by atoms with Crippen LogP contribution in [-0.4, -0.2) is 23.6 Å². The molecule has 2 aliphatic rings. The van der Waals surface area contributed by atoms with Crippen molar-refractivity contribution in [2.24, 2.45) is 5.92 Å². The van der Waals surface area contributed by atoms with Gasteiger partial charge < -0.3 is 10.6 Å². The standard InChI is InChI=1S/C15H25N3S/c1-2-6-14(18-11-15-17-9-10-19-15)12(5-1)13-7-3-4-8-16-13/h9-10,12-14,16,18H,1-8,11H2. The molecule has 3 nitrogen and oxygen atoms in total. The van der Waals surface area contributed by atoms with Gasteiger partial charge in [-0.05, 0) is 38.1 Å². The van der Waals surface area contributed by atoms with Crippen LogP contribution in [0.25, 0.3) is 0 Å². The summed E-state index contributed by atoms with van der Waals surface area (Å²) in [5.41, 5.74) is 0. The maximum absolute atomic E-state index is 4.38. The molecule has 3 unspecified atom stereocenters. The fraction of sp³-hybridized carbons (Fsp3) is 0.800. The molecule has 4 heteroatoms. The van der Waals surface area contributed by atoms with Crippen LogP contribution < -0.4 is 10.6 Å². The normalized spacial score (nSPS) is 32.3. The van der Waals surface area contributed by atoms with Crippen LogP contribution in [0, 0.1) is 5.92 Å². The average molecular weight is 279 g/mol. The van der Waals surface area contributed by atoms with E-state index in [1.54, 1.807) is 11.3 Å². The molecule has 0 amide bonds. The molecule has 1 aromatic rings. The summed E-state index contributed by atoms with van der Waals surface area (Å²) < 4.78 is 0. The summed E-state index contributed by atoms with van der Waals surface area (Å²) in [5, 5.41) is 10.8. The lowest BCUT2D eigenvalue weighted by atomic mass is 9.77. The third kappa shape index (κ3) is 3.56. The van der Waals surface area contributed by atoms with E-state index < -0.39 is 0 Å². The fourth-order valence-corrected chi connectivity index (χ4v) is 4.26. The number of thiazole rings is 1. The van der Waals surface area contributed by atoms with Crippen molar-refractivity contribution in [3.05, 3.63) is 16.6 Å². The maximum atomic E-state index is 4.38. The minimum absolute atomic E-state index is 0.688. The van der Waals surface area contributed by atoms with Gasteiger partial charge in [0.05, 0.1) is 0 Å². The highest BCUT2D eigenvalue weighted by Gasteiger charge is 2.32. The van der Waals surface area contributed by atoms with Crippen molar-refractivity contribution >= 4 is 11.3 Å². The molecule has 106 valence electrons. The second-order valence-corrected chi connectivity index (χ2v) is 6.90. The van der Waals surface area contributed by atoms with Gasteiger partial charge in [-0.1, -0.05) is 19.3 Å². The lowest BCUT2D eigenvalue weighted by Crippen LogP contribution is -2.50. The van der Waals surface area contributed by atoms with E-state index in [1.807, 2.05) is 6.20 Å². The molecule has 3 atom stereocenters. The summed E-state index contributed by atoms with van der Waals surface area (Å²) >= 11 is 1.76. The van der Waals surface area contributed by atoms with Gasteiger partial charge in [0.1, 0.15) is 5.01 Å². The summed E-state index contributed by atoms with van der Waals surface area (Å²) in [6.45, 7) is 2.17. The highest BCUT2D eigenvalue weighted by atomic mass is 32.1. The topological polar surface area (TPSA) is 37.0 Å². The Hall–Kier alpha value is -0.450. The first-order chi connectivity index (χ1) is 9.43. The number of nitrogens with zero attached hydrogens (tertiary/aromatic N) is 1. The zero-order valence-corrected chi connectivity index (χ0v) is 12.4. The Morgan fingerprint density at radius 3 is 2.89 bits per heavy atom. The van der Waals surface area contributed by atoms with Gasteiger partial charge in [-0.3, -0.25) is 0 Å². The molecule has 1 aromatic heterocycles. The summed E-state index contributed by atoms with van der Waals surface area (Å²) in [6, 6.07) is 1.44. The lowest BCUT2D eigenvalue weighted by Gasteiger charge is -2.39. The third-order valence-corrected chi connectivity index (χ3v) is 5.46. The first-order valence-electron chi connectivity index (χ1n) is 7.78. The fourth-order valence-electron chi connectivity index (χ4n) is 3.70. The van der Waals surface area contributed by atoms with E-state index >= 15 is 0 Å². The van der Waals surface area contributed by atoms with Gasteiger partial charge in [-0.25, -0.2) is 4.98 Å². The smallest absolute Gasteiger partial charge is 0.106 e. The Morgan fingerprint density at radius 1 is 1.21 bits per heavy atom. The van der Waals surface area contributed by atoms with E-state index in [1.165, 1.54) is 56.5 Å². The van der Waals surface area contributed by atoms with Crippen molar-refractivity contribution in [1.29, 1.82) is 0 Å². The molecule has 2 fully saturated rings. The highest BCUT2D eigenvalue weighted by Crippen LogP contribution is 2.30. The average Bonchev–Trinajstić information content (AvgIpc) is 3.00. The Morgan fingerprint density at radius 2 is 2.11 bits per heavy atom. The first kappa shape index (κ1) is 13.5. The molecule has 0 spiro atoms. The van der Waals surface area contributed by atoms with Crippen molar-refractivity contribution in [3.8, 4) is 0 Å². The van der Waals surface area contributed by atoms with Gasteiger partial charge in [0.2, 0.25) is 0 Å². The molecule has 0 bridgehead atoms. The largest absolute Gasteiger partial charge is 0.314 e. The Balaban J connectivity index is 1.56. The monoisotopic (exact) mass is 279 g/mol. The first-order valence-corrected chi connectivity index (χ1v) is 8.66. The van der Waals surface area contributed by atoms with Gasteiger partial charge in [0, 0.05) is 30.2 Å². The SMILES string of the molecule is c1csc(CNC2CCCCC2C2CCCCN2)n1. The van der Waals surface area contributed by atoms with E-state index in [-0.39, 0.29) is 0 Å². The quantitative estimate of drug-likeness (QED) is 0.890. The van der Waals surface area contributed by atoms with Crippen LogP contribution in [0.1, 0.15) is 50.0 Å². The Kier molecular flexibility index (Phi) is 4.86. The molecular weight excluding hydrogens is 254 g/mol. The highest BCUT2D eigenvalue weighted by molar-refractivity contribution is 7.09. The van der Waals surface area contributed by atoms with Crippen molar-refractivity contribution < 1.29 is 0 Å². The number of piperidine rings is 1. The van der Waals surface area contributed by atoms with Gasteiger partial charge in [0.15, 0.2) is 0 Å². The molecule has 0 radical (unpaired) electrons. The van der Waals surface area contributed by atoms with Crippen LogP contribution in [0.15, 0.2) is 11.6 Å².